The molecule has 18 heavy (non-hydrogen) atoms. The average molecular weight is 246 g/mol. The predicted octanol–water partition coefficient (Wildman–Crippen LogP) is 1.06. The minimum absolute atomic E-state index is 0.128. The topological polar surface area (TPSA) is 58.4 Å². The molecule has 0 spiro atoms. The third-order valence-corrected chi connectivity index (χ3v) is 2.61. The molecule has 0 saturated heterocycles. The SMILES string of the molecule is CCCNCCNC(=O)c1cn2ccccc2n1. The zero-order chi connectivity index (χ0) is 12.8. The summed E-state index contributed by atoms with van der Waals surface area (Å²) in [5.74, 6) is -0.128. The molecule has 0 bridgehead atoms. The van der Waals surface area contributed by atoms with Crippen molar-refractivity contribution in [2.24, 2.45) is 0 Å². The normalized spacial score (nSPS) is 10.7. The summed E-state index contributed by atoms with van der Waals surface area (Å²) < 4.78 is 1.84. The number of fused-ring (bicyclic) bond motifs is 1. The largest absolute Gasteiger partial charge is 0.349 e. The first-order valence-electron chi connectivity index (χ1n) is 6.24. The summed E-state index contributed by atoms with van der Waals surface area (Å²) in [6, 6.07) is 5.68. The average Bonchev–Trinajstić information content (AvgIpc) is 2.82. The third kappa shape index (κ3) is 3.07. The second kappa shape index (κ2) is 6.16. The first-order chi connectivity index (χ1) is 8.81. The summed E-state index contributed by atoms with van der Waals surface area (Å²) >= 11 is 0. The molecule has 0 atom stereocenters. The molecule has 1 amide bonds. The van der Waals surface area contributed by atoms with E-state index in [0.717, 1.165) is 25.2 Å². The van der Waals surface area contributed by atoms with E-state index >= 15 is 0 Å². The first-order valence-corrected chi connectivity index (χ1v) is 6.24. The molecule has 0 fully saturated rings. The first kappa shape index (κ1) is 12.6. The van der Waals surface area contributed by atoms with Crippen molar-refractivity contribution >= 4 is 11.6 Å². The van der Waals surface area contributed by atoms with Gasteiger partial charge in [0.25, 0.3) is 5.91 Å². The molecule has 0 aliphatic rings. The zero-order valence-electron chi connectivity index (χ0n) is 10.5. The summed E-state index contributed by atoms with van der Waals surface area (Å²) in [6.45, 7) is 4.49. The fourth-order valence-electron chi connectivity index (χ4n) is 1.70. The summed E-state index contributed by atoms with van der Waals surface area (Å²) in [5, 5.41) is 6.07. The molecule has 0 aromatic carbocycles. The molecule has 0 saturated carbocycles. The van der Waals surface area contributed by atoms with Crippen LogP contribution in [-0.4, -0.2) is 34.9 Å². The quantitative estimate of drug-likeness (QED) is 0.749. The monoisotopic (exact) mass is 246 g/mol. The van der Waals surface area contributed by atoms with E-state index in [9.17, 15) is 4.79 Å². The lowest BCUT2D eigenvalue weighted by molar-refractivity contribution is 0.0949. The molecule has 2 heterocycles. The molecule has 0 aliphatic carbocycles. The third-order valence-electron chi connectivity index (χ3n) is 2.61. The fourth-order valence-corrected chi connectivity index (χ4v) is 1.70. The highest BCUT2D eigenvalue weighted by atomic mass is 16.1. The zero-order valence-corrected chi connectivity index (χ0v) is 10.5. The van der Waals surface area contributed by atoms with Gasteiger partial charge in [0.2, 0.25) is 0 Å². The second-order valence-electron chi connectivity index (χ2n) is 4.10. The smallest absolute Gasteiger partial charge is 0.271 e. The number of amides is 1. The molecule has 2 aromatic rings. The predicted molar refractivity (Wildman–Crippen MR) is 70.7 cm³/mol. The van der Waals surface area contributed by atoms with Gasteiger partial charge in [-0.25, -0.2) is 4.98 Å². The van der Waals surface area contributed by atoms with Gasteiger partial charge >= 0.3 is 0 Å². The second-order valence-corrected chi connectivity index (χ2v) is 4.10. The van der Waals surface area contributed by atoms with E-state index in [1.165, 1.54) is 0 Å². The molecule has 2 rings (SSSR count). The van der Waals surface area contributed by atoms with Crippen LogP contribution in [0.3, 0.4) is 0 Å². The van der Waals surface area contributed by atoms with E-state index in [2.05, 4.69) is 22.5 Å². The molecule has 0 unspecified atom stereocenters. The molecule has 96 valence electrons. The maximum atomic E-state index is 11.8. The lowest BCUT2D eigenvalue weighted by Gasteiger charge is -2.03. The molecule has 2 N–H and O–H groups in total. The number of hydrogen-bond donors (Lipinski definition) is 2. The van der Waals surface area contributed by atoms with Crippen molar-refractivity contribution < 1.29 is 4.79 Å². The number of aromatic nitrogens is 2. The Balaban J connectivity index is 1.88. The van der Waals surface area contributed by atoms with Gasteiger partial charge in [0.15, 0.2) is 0 Å². The number of carbonyl (C=O) groups excluding carboxylic acids is 1. The number of pyridine rings is 1. The van der Waals surface area contributed by atoms with Gasteiger partial charge in [0.1, 0.15) is 11.3 Å². The van der Waals surface area contributed by atoms with Crippen LogP contribution < -0.4 is 10.6 Å². The number of imidazole rings is 1. The summed E-state index contributed by atoms with van der Waals surface area (Å²) in [6.07, 6.45) is 4.71. The number of nitrogens with zero attached hydrogens (tertiary/aromatic N) is 2. The minimum Gasteiger partial charge on any atom is -0.349 e. The Labute approximate surface area is 106 Å². The van der Waals surface area contributed by atoms with Crippen molar-refractivity contribution in [3.05, 3.63) is 36.3 Å². The maximum absolute atomic E-state index is 11.8. The van der Waals surface area contributed by atoms with Crippen molar-refractivity contribution in [2.45, 2.75) is 13.3 Å². The Morgan fingerprint density at radius 2 is 2.22 bits per heavy atom. The van der Waals surface area contributed by atoms with Crippen molar-refractivity contribution in [2.75, 3.05) is 19.6 Å². The molecular weight excluding hydrogens is 228 g/mol. The summed E-state index contributed by atoms with van der Waals surface area (Å²) in [5.41, 5.74) is 1.24. The van der Waals surface area contributed by atoms with Crippen LogP contribution in [0.4, 0.5) is 0 Å². The molecule has 0 aliphatic heterocycles. The van der Waals surface area contributed by atoms with E-state index in [4.69, 9.17) is 0 Å². The van der Waals surface area contributed by atoms with Crippen LogP contribution >= 0.6 is 0 Å². The van der Waals surface area contributed by atoms with Gasteiger partial charge in [-0.1, -0.05) is 13.0 Å². The van der Waals surface area contributed by atoms with Crippen LogP contribution in [0.25, 0.3) is 5.65 Å². The Hall–Kier alpha value is -1.88. The van der Waals surface area contributed by atoms with Crippen LogP contribution in [0.1, 0.15) is 23.8 Å². The van der Waals surface area contributed by atoms with E-state index in [-0.39, 0.29) is 5.91 Å². The van der Waals surface area contributed by atoms with Gasteiger partial charge < -0.3 is 15.0 Å². The Morgan fingerprint density at radius 1 is 1.33 bits per heavy atom. The van der Waals surface area contributed by atoms with Gasteiger partial charge in [-0.2, -0.15) is 0 Å². The number of nitrogens with one attached hydrogen (secondary N) is 2. The van der Waals surface area contributed by atoms with Crippen molar-refractivity contribution in [1.29, 1.82) is 0 Å². The maximum Gasteiger partial charge on any atom is 0.271 e. The Morgan fingerprint density at radius 3 is 3.00 bits per heavy atom. The highest BCUT2D eigenvalue weighted by Crippen LogP contribution is 2.03. The van der Waals surface area contributed by atoms with E-state index in [0.29, 0.717) is 12.2 Å². The number of hydrogen-bond acceptors (Lipinski definition) is 3. The lowest BCUT2D eigenvalue weighted by atomic mass is 10.4. The van der Waals surface area contributed by atoms with E-state index < -0.39 is 0 Å². The van der Waals surface area contributed by atoms with Crippen molar-refractivity contribution in [3.8, 4) is 0 Å². The van der Waals surface area contributed by atoms with Gasteiger partial charge in [-0.3, -0.25) is 4.79 Å². The molecule has 2 aromatic heterocycles. The highest BCUT2D eigenvalue weighted by Gasteiger charge is 2.09. The highest BCUT2D eigenvalue weighted by molar-refractivity contribution is 5.92. The Bertz CT molecular complexity index is 487. The van der Waals surface area contributed by atoms with Crippen LogP contribution in [0.5, 0.6) is 0 Å². The van der Waals surface area contributed by atoms with Crippen molar-refractivity contribution in [3.63, 3.8) is 0 Å². The molecule has 5 nitrogen and oxygen atoms in total. The van der Waals surface area contributed by atoms with Crippen LogP contribution in [0.2, 0.25) is 0 Å². The van der Waals surface area contributed by atoms with Gasteiger partial charge in [-0.15, -0.1) is 0 Å². The molecule has 5 heteroatoms. The standard InChI is InChI=1S/C13H18N4O/c1-2-6-14-7-8-15-13(18)11-10-17-9-4-3-5-12(17)16-11/h3-5,9-10,14H,2,6-8H2,1H3,(H,15,18). The minimum atomic E-state index is -0.128. The Kier molecular flexibility index (Phi) is 4.30. The van der Waals surface area contributed by atoms with Crippen LogP contribution in [-0.2, 0) is 0 Å². The summed E-state index contributed by atoms with van der Waals surface area (Å²) in [4.78, 5) is 16.1. The van der Waals surface area contributed by atoms with Crippen LogP contribution in [0, 0.1) is 0 Å². The lowest BCUT2D eigenvalue weighted by Crippen LogP contribution is -2.32. The number of carbonyl (C=O) groups is 1. The number of rotatable bonds is 6. The molecule has 0 radical (unpaired) electrons. The van der Waals surface area contributed by atoms with Crippen LogP contribution in [0.15, 0.2) is 30.6 Å². The fraction of sp³-hybridized carbons (Fsp3) is 0.385. The van der Waals surface area contributed by atoms with Gasteiger partial charge in [-0.05, 0) is 25.1 Å². The van der Waals surface area contributed by atoms with Gasteiger partial charge in [0, 0.05) is 25.5 Å². The van der Waals surface area contributed by atoms with Gasteiger partial charge in [0.05, 0.1) is 0 Å². The van der Waals surface area contributed by atoms with Crippen molar-refractivity contribution in [1.82, 2.24) is 20.0 Å². The van der Waals surface area contributed by atoms with E-state index in [1.807, 2.05) is 28.8 Å². The van der Waals surface area contributed by atoms with E-state index in [1.54, 1.807) is 6.20 Å². The molecular formula is C13H18N4O. The summed E-state index contributed by atoms with van der Waals surface area (Å²) in [7, 11) is 0.